The SMILES string of the molecule is Cn1cc(-c2ccc(N(C(=O)NCc3ccccc3)[C@H]3CC[C@H](Nc4ncc(C#N)c(N5CCC(C(F)(F)F)CC5)n4)CC3)nc2)cn1. The Morgan fingerprint density at radius 2 is 1.73 bits per heavy atom. The van der Waals surface area contributed by atoms with Crippen molar-refractivity contribution in [2.75, 3.05) is 28.2 Å². The smallest absolute Gasteiger partial charge is 0.355 e. The third-order valence-corrected chi connectivity index (χ3v) is 9.08. The van der Waals surface area contributed by atoms with E-state index in [1.54, 1.807) is 26.9 Å². The average Bonchev–Trinajstić information content (AvgIpc) is 3.54. The normalized spacial score (nSPS) is 18.6. The van der Waals surface area contributed by atoms with Crippen LogP contribution in [0.3, 0.4) is 0 Å². The number of amides is 2. The van der Waals surface area contributed by atoms with Gasteiger partial charge in [-0.3, -0.25) is 9.58 Å². The number of halogens is 3. The lowest BCUT2D eigenvalue weighted by Gasteiger charge is -2.37. The predicted molar refractivity (Wildman–Crippen MR) is 175 cm³/mol. The topological polar surface area (TPSA) is 128 Å². The summed E-state index contributed by atoms with van der Waals surface area (Å²) in [5.41, 5.74) is 3.05. The van der Waals surface area contributed by atoms with Crippen LogP contribution in [0.15, 0.2) is 67.3 Å². The minimum Gasteiger partial charge on any atom is -0.355 e. The summed E-state index contributed by atoms with van der Waals surface area (Å²) >= 11 is 0. The summed E-state index contributed by atoms with van der Waals surface area (Å²) in [5.74, 6) is -0.107. The van der Waals surface area contributed by atoms with E-state index >= 15 is 0 Å². The summed E-state index contributed by atoms with van der Waals surface area (Å²) < 4.78 is 41.4. The van der Waals surface area contributed by atoms with Crippen LogP contribution in [0.1, 0.15) is 49.7 Å². The van der Waals surface area contributed by atoms with Crippen molar-refractivity contribution >= 4 is 23.6 Å². The molecule has 2 N–H and O–H groups in total. The molecule has 6 rings (SSSR count). The van der Waals surface area contributed by atoms with E-state index in [0.717, 1.165) is 29.5 Å². The molecule has 1 saturated heterocycles. The zero-order valence-electron chi connectivity index (χ0n) is 26.6. The third-order valence-electron chi connectivity index (χ3n) is 9.08. The van der Waals surface area contributed by atoms with Gasteiger partial charge in [-0.25, -0.2) is 14.8 Å². The molecule has 0 unspecified atom stereocenters. The summed E-state index contributed by atoms with van der Waals surface area (Å²) in [4.78, 5) is 30.8. The van der Waals surface area contributed by atoms with Gasteiger partial charge in [0.25, 0.3) is 0 Å². The minimum atomic E-state index is -4.22. The first-order chi connectivity index (χ1) is 23.2. The Morgan fingerprint density at radius 3 is 2.35 bits per heavy atom. The fraction of sp³-hybridized carbons (Fsp3) is 0.412. The molecule has 2 fully saturated rings. The van der Waals surface area contributed by atoms with Crippen molar-refractivity contribution < 1.29 is 18.0 Å². The van der Waals surface area contributed by atoms with Crippen LogP contribution < -0.4 is 20.4 Å². The van der Waals surface area contributed by atoms with E-state index < -0.39 is 12.1 Å². The predicted octanol–water partition coefficient (Wildman–Crippen LogP) is 6.06. The number of hydrogen-bond acceptors (Lipinski definition) is 8. The van der Waals surface area contributed by atoms with E-state index in [4.69, 9.17) is 4.98 Å². The van der Waals surface area contributed by atoms with Gasteiger partial charge < -0.3 is 15.5 Å². The number of aromatic nitrogens is 5. The molecule has 11 nitrogen and oxygen atoms in total. The fourth-order valence-electron chi connectivity index (χ4n) is 6.43. The molecule has 0 atom stereocenters. The second-order valence-corrected chi connectivity index (χ2v) is 12.3. The third kappa shape index (κ3) is 7.67. The Morgan fingerprint density at radius 1 is 0.979 bits per heavy atom. The number of hydrogen-bond donors (Lipinski definition) is 2. The van der Waals surface area contributed by atoms with Crippen molar-refractivity contribution in [1.29, 1.82) is 5.26 Å². The Balaban J connectivity index is 1.13. The highest BCUT2D eigenvalue weighted by Crippen LogP contribution is 2.36. The Kier molecular flexibility index (Phi) is 9.75. The number of nitriles is 1. The molecule has 1 aliphatic carbocycles. The summed E-state index contributed by atoms with van der Waals surface area (Å²) in [6.45, 7) is 0.715. The molecule has 0 radical (unpaired) electrons. The van der Waals surface area contributed by atoms with Crippen molar-refractivity contribution in [3.63, 3.8) is 0 Å². The largest absolute Gasteiger partial charge is 0.391 e. The zero-order valence-corrected chi connectivity index (χ0v) is 26.6. The average molecular weight is 659 g/mol. The molecule has 0 spiro atoms. The number of alkyl halides is 3. The maximum absolute atomic E-state index is 13.7. The van der Waals surface area contributed by atoms with Gasteiger partial charge in [-0.05, 0) is 56.2 Å². The molecule has 14 heteroatoms. The first kappa shape index (κ1) is 32.7. The van der Waals surface area contributed by atoms with E-state index in [1.807, 2.05) is 55.7 Å². The summed E-state index contributed by atoms with van der Waals surface area (Å²) in [6, 6.07) is 15.3. The molecule has 2 aliphatic rings. The summed E-state index contributed by atoms with van der Waals surface area (Å²) in [5, 5.41) is 20.3. The van der Waals surface area contributed by atoms with E-state index in [2.05, 4.69) is 31.8 Å². The maximum Gasteiger partial charge on any atom is 0.391 e. The molecular weight excluding hydrogens is 621 g/mol. The number of piperidine rings is 1. The van der Waals surface area contributed by atoms with Crippen LogP contribution in [0.2, 0.25) is 0 Å². The van der Waals surface area contributed by atoms with Crippen LogP contribution in [-0.2, 0) is 13.6 Å². The molecule has 1 aromatic carbocycles. The number of rotatable bonds is 8. The number of carbonyl (C=O) groups is 1. The molecule has 250 valence electrons. The fourth-order valence-corrected chi connectivity index (χ4v) is 6.43. The quantitative estimate of drug-likeness (QED) is 0.234. The Hall–Kier alpha value is -5.19. The number of urea groups is 1. The Bertz CT molecular complexity index is 1720. The number of nitrogens with one attached hydrogen (secondary N) is 2. The molecule has 4 aromatic rings. The van der Waals surface area contributed by atoms with Crippen molar-refractivity contribution in [1.82, 2.24) is 30.0 Å². The van der Waals surface area contributed by atoms with E-state index in [9.17, 15) is 23.2 Å². The van der Waals surface area contributed by atoms with Gasteiger partial charge >= 0.3 is 12.2 Å². The molecule has 4 heterocycles. The summed E-state index contributed by atoms with van der Waals surface area (Å²) in [6.07, 6.45) is 5.37. The van der Waals surface area contributed by atoms with Gasteiger partial charge in [0.15, 0.2) is 5.82 Å². The lowest BCUT2D eigenvalue weighted by Crippen LogP contribution is -2.49. The minimum absolute atomic E-state index is 0.00754. The van der Waals surface area contributed by atoms with Gasteiger partial charge in [-0.2, -0.15) is 28.5 Å². The van der Waals surface area contributed by atoms with Crippen LogP contribution in [0.25, 0.3) is 11.1 Å². The highest BCUT2D eigenvalue weighted by molar-refractivity contribution is 5.91. The second kappa shape index (κ2) is 14.3. The van der Waals surface area contributed by atoms with Crippen LogP contribution in [0.4, 0.5) is 35.5 Å². The number of carbonyl (C=O) groups excluding carboxylic acids is 1. The van der Waals surface area contributed by atoms with Crippen LogP contribution in [0.5, 0.6) is 0 Å². The highest BCUT2D eigenvalue weighted by atomic mass is 19.4. The molecule has 48 heavy (non-hydrogen) atoms. The van der Waals surface area contributed by atoms with Gasteiger partial charge in [0.05, 0.1) is 18.3 Å². The lowest BCUT2D eigenvalue weighted by molar-refractivity contribution is -0.179. The molecule has 3 aromatic heterocycles. The molecule has 1 aliphatic heterocycles. The van der Waals surface area contributed by atoms with Crippen LogP contribution in [0, 0.1) is 17.2 Å². The van der Waals surface area contributed by atoms with Gasteiger partial charge in [0, 0.05) is 62.3 Å². The van der Waals surface area contributed by atoms with Crippen molar-refractivity contribution in [3.8, 4) is 17.2 Å². The van der Waals surface area contributed by atoms with Gasteiger partial charge in [0.2, 0.25) is 5.95 Å². The number of benzene rings is 1. The zero-order chi connectivity index (χ0) is 33.7. The molecule has 1 saturated carbocycles. The Labute approximate surface area is 276 Å². The summed E-state index contributed by atoms with van der Waals surface area (Å²) in [7, 11) is 1.85. The number of nitrogens with zero attached hydrogens (tertiary/aromatic N) is 8. The van der Waals surface area contributed by atoms with Crippen molar-refractivity contribution in [2.24, 2.45) is 13.0 Å². The van der Waals surface area contributed by atoms with E-state index in [1.165, 1.54) is 6.20 Å². The monoisotopic (exact) mass is 658 g/mol. The number of anilines is 3. The molecule has 2 amide bonds. The molecule has 0 bridgehead atoms. The van der Waals surface area contributed by atoms with Crippen molar-refractivity contribution in [2.45, 2.75) is 63.3 Å². The first-order valence-electron chi connectivity index (χ1n) is 16.1. The van der Waals surface area contributed by atoms with Crippen LogP contribution in [-0.4, -0.2) is 62.1 Å². The second-order valence-electron chi connectivity index (χ2n) is 12.3. The lowest BCUT2D eigenvalue weighted by atomic mass is 9.90. The van der Waals surface area contributed by atoms with Gasteiger partial charge in [0.1, 0.15) is 17.5 Å². The van der Waals surface area contributed by atoms with Gasteiger partial charge in [-0.1, -0.05) is 30.3 Å². The highest BCUT2D eigenvalue weighted by Gasteiger charge is 2.41. The maximum atomic E-state index is 13.7. The van der Waals surface area contributed by atoms with Crippen molar-refractivity contribution in [3.05, 3.63) is 78.4 Å². The number of aryl methyl sites for hydroxylation is 1. The van der Waals surface area contributed by atoms with Crippen LogP contribution >= 0.6 is 0 Å². The number of pyridine rings is 1. The van der Waals surface area contributed by atoms with Gasteiger partial charge in [-0.15, -0.1) is 0 Å². The molecular formula is C34H37F3N10O. The van der Waals surface area contributed by atoms with E-state index in [0.29, 0.717) is 37.0 Å². The first-order valence-corrected chi connectivity index (χ1v) is 16.1. The van der Waals surface area contributed by atoms with E-state index in [-0.39, 0.29) is 49.6 Å². The standard InChI is InChI=1S/C34H37F3N10O/c1-45-22-26(21-42-45)24-7-12-30(39-19-24)47(33(48)41-18-23-5-3-2-4-6-23)29-10-8-28(9-11-29)43-32-40-20-25(17-38)31(44-32)46-15-13-27(14-16-46)34(35,36)37/h2-7,12,19-22,27-29H,8-11,13-16,18H2,1H3,(H,41,48)(H,40,43,44)/t28-,29-.